The van der Waals surface area contributed by atoms with E-state index >= 15 is 0 Å². The molecule has 0 amide bonds. The van der Waals surface area contributed by atoms with Gasteiger partial charge in [0.1, 0.15) is 5.82 Å². The summed E-state index contributed by atoms with van der Waals surface area (Å²) in [6.45, 7) is 8.00. The van der Waals surface area contributed by atoms with Crippen molar-refractivity contribution < 1.29 is 5.11 Å². The maximum absolute atomic E-state index is 9.98. The molecule has 2 aliphatic heterocycles. The van der Waals surface area contributed by atoms with Crippen LogP contribution in [-0.2, 0) is 13.0 Å². The van der Waals surface area contributed by atoms with Crippen molar-refractivity contribution >= 4 is 0 Å². The van der Waals surface area contributed by atoms with E-state index < -0.39 is 0 Å². The number of fused-ring (bicyclic) bond motifs is 1. The largest absolute Gasteiger partial charge is 0.387 e. The third-order valence-corrected chi connectivity index (χ3v) is 4.69. The van der Waals surface area contributed by atoms with E-state index in [0.29, 0.717) is 6.04 Å². The van der Waals surface area contributed by atoms with Crippen LogP contribution in [0.2, 0.25) is 0 Å². The van der Waals surface area contributed by atoms with Crippen LogP contribution < -0.4 is 0 Å². The highest BCUT2D eigenvalue weighted by atomic mass is 16.3. The maximum atomic E-state index is 9.98. The van der Waals surface area contributed by atoms with Gasteiger partial charge in [0.05, 0.1) is 18.0 Å². The number of nitrogens with zero attached hydrogens (tertiary/aromatic N) is 3. The Morgan fingerprint density at radius 3 is 2.95 bits per heavy atom. The number of likely N-dealkylation sites (tertiary alicyclic amines) is 1. The molecule has 1 aromatic heterocycles. The molecule has 0 radical (unpaired) electrons. The van der Waals surface area contributed by atoms with Crippen molar-refractivity contribution in [1.82, 2.24) is 14.5 Å². The van der Waals surface area contributed by atoms with Gasteiger partial charge in [0.15, 0.2) is 0 Å². The van der Waals surface area contributed by atoms with Gasteiger partial charge in [0.25, 0.3) is 0 Å². The number of aliphatic hydroxyl groups excluding tert-OH is 1. The van der Waals surface area contributed by atoms with Gasteiger partial charge in [-0.3, -0.25) is 0 Å². The molecule has 1 saturated heterocycles. The molecule has 1 aromatic rings. The van der Waals surface area contributed by atoms with Gasteiger partial charge in [-0.15, -0.1) is 0 Å². The molecule has 4 nitrogen and oxygen atoms in total. The molecule has 19 heavy (non-hydrogen) atoms. The Morgan fingerprint density at radius 2 is 2.21 bits per heavy atom. The lowest BCUT2D eigenvalue weighted by Gasteiger charge is -2.22. The van der Waals surface area contributed by atoms with E-state index in [1.54, 1.807) is 0 Å². The van der Waals surface area contributed by atoms with Gasteiger partial charge >= 0.3 is 0 Å². The topological polar surface area (TPSA) is 41.3 Å². The molecule has 0 bridgehead atoms. The van der Waals surface area contributed by atoms with Crippen LogP contribution in [0.5, 0.6) is 0 Å². The smallest absolute Gasteiger partial charge is 0.109 e. The van der Waals surface area contributed by atoms with Crippen LogP contribution in [-0.4, -0.2) is 38.7 Å². The van der Waals surface area contributed by atoms with Crippen LogP contribution in [0.1, 0.15) is 50.7 Å². The Bertz CT molecular complexity index is 441. The quantitative estimate of drug-likeness (QED) is 0.906. The summed E-state index contributed by atoms with van der Waals surface area (Å²) in [5.41, 5.74) is 1.03. The Balaban J connectivity index is 1.68. The van der Waals surface area contributed by atoms with E-state index in [2.05, 4.69) is 28.3 Å². The summed E-state index contributed by atoms with van der Waals surface area (Å²) < 4.78 is 2.26. The summed E-state index contributed by atoms with van der Waals surface area (Å²) in [6, 6.07) is 0.654. The lowest BCUT2D eigenvalue weighted by atomic mass is 10.0. The lowest BCUT2D eigenvalue weighted by Crippen LogP contribution is -2.28. The molecule has 0 spiro atoms. The Kier molecular flexibility index (Phi) is 3.63. The Morgan fingerprint density at radius 1 is 1.37 bits per heavy atom. The van der Waals surface area contributed by atoms with Crippen molar-refractivity contribution in [2.75, 3.05) is 13.1 Å². The highest BCUT2D eigenvalue weighted by Crippen LogP contribution is 2.28. The molecule has 3 heterocycles. The molecule has 3 rings (SSSR count). The fourth-order valence-electron chi connectivity index (χ4n) is 3.46. The van der Waals surface area contributed by atoms with Crippen molar-refractivity contribution in [2.24, 2.45) is 5.92 Å². The highest BCUT2D eigenvalue weighted by molar-refractivity contribution is 5.11. The van der Waals surface area contributed by atoms with E-state index in [0.717, 1.165) is 37.4 Å². The Hall–Kier alpha value is -0.870. The summed E-state index contributed by atoms with van der Waals surface area (Å²) in [6.07, 6.45) is 5.88. The summed E-state index contributed by atoms with van der Waals surface area (Å²) in [5, 5.41) is 9.98. The zero-order chi connectivity index (χ0) is 13.4. The second kappa shape index (κ2) is 5.25. The van der Waals surface area contributed by atoms with E-state index in [-0.39, 0.29) is 6.10 Å². The maximum Gasteiger partial charge on any atom is 0.109 e. The fourth-order valence-corrected chi connectivity index (χ4v) is 3.46. The molecular weight excluding hydrogens is 238 g/mol. The monoisotopic (exact) mass is 263 g/mol. The first kappa shape index (κ1) is 13.1. The van der Waals surface area contributed by atoms with Gasteiger partial charge in [0.2, 0.25) is 0 Å². The van der Waals surface area contributed by atoms with Crippen molar-refractivity contribution in [3.05, 3.63) is 17.7 Å². The zero-order valence-corrected chi connectivity index (χ0v) is 12.0. The van der Waals surface area contributed by atoms with E-state index in [1.807, 2.05) is 6.20 Å². The molecule has 1 N–H and O–H groups in total. The third-order valence-electron chi connectivity index (χ3n) is 4.69. The van der Waals surface area contributed by atoms with Crippen LogP contribution in [0.15, 0.2) is 6.20 Å². The summed E-state index contributed by atoms with van der Waals surface area (Å²) >= 11 is 0. The average Bonchev–Trinajstić information content (AvgIpc) is 2.98. The number of aliphatic hydroxyl groups is 1. The minimum Gasteiger partial charge on any atom is -0.387 e. The summed E-state index contributed by atoms with van der Waals surface area (Å²) in [7, 11) is 0. The molecule has 2 unspecified atom stereocenters. The standard InChI is InChI=1S/C15H25N3O/c1-11(2)17-7-5-12(10-17)8-15-16-9-13-14(19)4-3-6-18(13)15/h9,11-12,14,19H,3-8,10H2,1-2H3. The zero-order valence-electron chi connectivity index (χ0n) is 12.0. The number of hydrogen-bond acceptors (Lipinski definition) is 3. The van der Waals surface area contributed by atoms with Crippen LogP contribution in [0.3, 0.4) is 0 Å². The normalized spacial score (nSPS) is 28.0. The van der Waals surface area contributed by atoms with Gasteiger partial charge in [-0.05, 0) is 45.6 Å². The predicted molar refractivity (Wildman–Crippen MR) is 74.9 cm³/mol. The van der Waals surface area contributed by atoms with Gasteiger partial charge in [-0.2, -0.15) is 0 Å². The molecule has 4 heteroatoms. The molecule has 0 saturated carbocycles. The van der Waals surface area contributed by atoms with Crippen molar-refractivity contribution in [2.45, 2.75) is 58.2 Å². The first-order valence-electron chi connectivity index (χ1n) is 7.61. The van der Waals surface area contributed by atoms with Gasteiger partial charge in [-0.1, -0.05) is 0 Å². The van der Waals surface area contributed by atoms with Crippen molar-refractivity contribution in [1.29, 1.82) is 0 Å². The summed E-state index contributed by atoms with van der Waals surface area (Å²) in [4.78, 5) is 7.12. The first-order chi connectivity index (χ1) is 9.15. The minimum absolute atomic E-state index is 0.300. The average molecular weight is 263 g/mol. The van der Waals surface area contributed by atoms with Gasteiger partial charge in [0, 0.05) is 25.6 Å². The number of imidazole rings is 1. The molecule has 2 atom stereocenters. The van der Waals surface area contributed by atoms with Gasteiger partial charge < -0.3 is 14.6 Å². The minimum atomic E-state index is -0.300. The second-order valence-electron chi connectivity index (χ2n) is 6.36. The lowest BCUT2D eigenvalue weighted by molar-refractivity contribution is 0.138. The SMILES string of the molecule is CC(C)N1CCC(Cc2ncc3n2CCCC3O)C1. The van der Waals surface area contributed by atoms with E-state index in [1.165, 1.54) is 25.3 Å². The van der Waals surface area contributed by atoms with Gasteiger partial charge in [-0.25, -0.2) is 4.98 Å². The molecule has 2 aliphatic rings. The number of aromatic nitrogens is 2. The molecule has 0 aromatic carbocycles. The highest BCUT2D eigenvalue weighted by Gasteiger charge is 2.27. The van der Waals surface area contributed by atoms with E-state index in [4.69, 9.17) is 0 Å². The number of hydrogen-bond donors (Lipinski definition) is 1. The summed E-state index contributed by atoms with van der Waals surface area (Å²) in [5.74, 6) is 1.91. The molecular formula is C15H25N3O. The molecule has 0 aliphatic carbocycles. The predicted octanol–water partition coefficient (Wildman–Crippen LogP) is 1.98. The first-order valence-corrected chi connectivity index (χ1v) is 7.61. The second-order valence-corrected chi connectivity index (χ2v) is 6.36. The van der Waals surface area contributed by atoms with Crippen LogP contribution in [0, 0.1) is 5.92 Å². The van der Waals surface area contributed by atoms with Crippen LogP contribution in [0.4, 0.5) is 0 Å². The number of rotatable bonds is 3. The van der Waals surface area contributed by atoms with Crippen molar-refractivity contribution in [3.8, 4) is 0 Å². The van der Waals surface area contributed by atoms with Crippen LogP contribution >= 0.6 is 0 Å². The van der Waals surface area contributed by atoms with Crippen molar-refractivity contribution in [3.63, 3.8) is 0 Å². The molecule has 1 fully saturated rings. The van der Waals surface area contributed by atoms with E-state index in [9.17, 15) is 5.11 Å². The Labute approximate surface area is 115 Å². The third kappa shape index (κ3) is 2.56. The molecule has 106 valence electrons. The van der Waals surface area contributed by atoms with Crippen LogP contribution in [0.25, 0.3) is 0 Å². The fraction of sp³-hybridized carbons (Fsp3) is 0.800.